The van der Waals surface area contributed by atoms with Crippen LogP contribution in [0.15, 0.2) is 48.5 Å². The van der Waals surface area contributed by atoms with Gasteiger partial charge >= 0.3 is 0 Å². The molecule has 0 radical (unpaired) electrons. The minimum absolute atomic E-state index is 0.0519. The standard InChI is InChI=1S/C23H24FN3O2/c24-18-6-2-4-8-20(18)25-13-15-26(16-14-25)21(28)23(10-11-23)22(29)27-12-9-17-5-1-3-7-19(17)27/h1-8H,9-16H2. The molecule has 0 aromatic heterocycles. The molecule has 2 aromatic rings. The molecule has 2 aliphatic heterocycles. The smallest absolute Gasteiger partial charge is 0.242 e. The van der Waals surface area contributed by atoms with Crippen molar-refractivity contribution in [3.8, 4) is 0 Å². The summed E-state index contributed by atoms with van der Waals surface area (Å²) in [6, 6.07) is 14.7. The molecule has 2 fully saturated rings. The van der Waals surface area contributed by atoms with Gasteiger partial charge in [-0.15, -0.1) is 0 Å². The average Bonchev–Trinajstić information content (AvgIpc) is 3.46. The van der Waals surface area contributed by atoms with Crippen LogP contribution in [0.3, 0.4) is 0 Å². The normalized spacial score (nSPS) is 19.8. The van der Waals surface area contributed by atoms with Gasteiger partial charge in [-0.3, -0.25) is 9.59 Å². The van der Waals surface area contributed by atoms with E-state index in [1.165, 1.54) is 11.6 Å². The third-order valence-electron chi connectivity index (χ3n) is 6.46. The van der Waals surface area contributed by atoms with E-state index >= 15 is 0 Å². The molecule has 0 spiro atoms. The molecule has 2 heterocycles. The van der Waals surface area contributed by atoms with Gasteiger partial charge in [0.1, 0.15) is 11.2 Å². The monoisotopic (exact) mass is 393 g/mol. The van der Waals surface area contributed by atoms with Crippen LogP contribution >= 0.6 is 0 Å². The van der Waals surface area contributed by atoms with E-state index in [1.807, 2.05) is 35.2 Å². The Balaban J connectivity index is 1.28. The first-order chi connectivity index (χ1) is 14.1. The van der Waals surface area contributed by atoms with Crippen molar-refractivity contribution in [1.82, 2.24) is 4.90 Å². The summed E-state index contributed by atoms with van der Waals surface area (Å²) in [5.74, 6) is -0.349. The summed E-state index contributed by atoms with van der Waals surface area (Å²) in [4.78, 5) is 32.2. The SMILES string of the molecule is O=C(N1CCN(c2ccccc2F)CC1)C1(C(=O)N2CCc3ccccc32)CC1. The Kier molecular flexibility index (Phi) is 4.30. The number of amides is 2. The fourth-order valence-electron chi connectivity index (χ4n) is 4.61. The number of carbonyl (C=O) groups excluding carboxylic acids is 2. The molecule has 5 rings (SSSR count). The van der Waals surface area contributed by atoms with Gasteiger partial charge in [-0.05, 0) is 43.0 Å². The third kappa shape index (κ3) is 2.98. The van der Waals surface area contributed by atoms with Gasteiger partial charge in [0, 0.05) is 38.4 Å². The van der Waals surface area contributed by atoms with Crippen LogP contribution < -0.4 is 9.80 Å². The molecule has 0 bridgehead atoms. The second-order valence-corrected chi connectivity index (χ2v) is 8.15. The predicted molar refractivity (Wildman–Crippen MR) is 109 cm³/mol. The first-order valence-corrected chi connectivity index (χ1v) is 10.3. The second kappa shape index (κ2) is 6.87. The Morgan fingerprint density at radius 2 is 1.45 bits per heavy atom. The van der Waals surface area contributed by atoms with Crippen molar-refractivity contribution in [2.45, 2.75) is 19.3 Å². The first-order valence-electron chi connectivity index (χ1n) is 10.3. The van der Waals surface area contributed by atoms with E-state index in [4.69, 9.17) is 0 Å². The van der Waals surface area contributed by atoms with Gasteiger partial charge in [-0.25, -0.2) is 4.39 Å². The van der Waals surface area contributed by atoms with Gasteiger partial charge < -0.3 is 14.7 Å². The van der Waals surface area contributed by atoms with Gasteiger partial charge in [-0.2, -0.15) is 0 Å². The quantitative estimate of drug-likeness (QED) is 0.754. The van der Waals surface area contributed by atoms with Crippen molar-refractivity contribution in [2.24, 2.45) is 5.41 Å². The van der Waals surface area contributed by atoms with Gasteiger partial charge in [0.05, 0.1) is 5.69 Å². The lowest BCUT2D eigenvalue weighted by atomic mass is 10.0. The summed E-state index contributed by atoms with van der Waals surface area (Å²) < 4.78 is 14.1. The highest BCUT2D eigenvalue weighted by molar-refractivity contribution is 6.14. The Labute approximate surface area is 169 Å². The second-order valence-electron chi connectivity index (χ2n) is 8.15. The van der Waals surface area contributed by atoms with E-state index in [2.05, 4.69) is 0 Å². The fourth-order valence-corrected chi connectivity index (χ4v) is 4.61. The minimum Gasteiger partial charge on any atom is -0.366 e. The van der Waals surface area contributed by atoms with Crippen molar-refractivity contribution >= 4 is 23.2 Å². The Bertz CT molecular complexity index is 964. The summed E-state index contributed by atoms with van der Waals surface area (Å²) in [5.41, 5.74) is 1.80. The number of nitrogens with zero attached hydrogens (tertiary/aromatic N) is 3. The molecular formula is C23H24FN3O2. The van der Waals surface area contributed by atoms with Gasteiger partial charge in [-0.1, -0.05) is 30.3 Å². The van der Waals surface area contributed by atoms with E-state index in [0.717, 1.165) is 12.1 Å². The van der Waals surface area contributed by atoms with Crippen LogP contribution in [0.1, 0.15) is 18.4 Å². The maximum atomic E-state index is 14.1. The Morgan fingerprint density at radius 3 is 2.14 bits per heavy atom. The zero-order valence-corrected chi connectivity index (χ0v) is 16.3. The Hall–Kier alpha value is -2.89. The molecule has 0 unspecified atom stereocenters. The van der Waals surface area contributed by atoms with Gasteiger partial charge in [0.25, 0.3) is 0 Å². The number of carbonyl (C=O) groups is 2. The highest BCUT2D eigenvalue weighted by Gasteiger charge is 2.60. The lowest BCUT2D eigenvalue weighted by Gasteiger charge is -2.38. The number of benzene rings is 2. The van der Waals surface area contributed by atoms with E-state index in [0.29, 0.717) is 51.3 Å². The molecule has 0 atom stereocenters. The van der Waals surface area contributed by atoms with Crippen LogP contribution in [0.4, 0.5) is 15.8 Å². The molecule has 2 aromatic carbocycles. The largest absolute Gasteiger partial charge is 0.366 e. The molecule has 6 heteroatoms. The van der Waals surface area contributed by atoms with Crippen molar-refractivity contribution in [2.75, 3.05) is 42.5 Å². The van der Waals surface area contributed by atoms with E-state index in [9.17, 15) is 14.0 Å². The number of piperazine rings is 1. The summed E-state index contributed by atoms with van der Waals surface area (Å²) in [7, 11) is 0. The van der Waals surface area contributed by atoms with E-state index < -0.39 is 5.41 Å². The van der Waals surface area contributed by atoms with Crippen LogP contribution in [0, 0.1) is 11.2 Å². The highest BCUT2D eigenvalue weighted by atomic mass is 19.1. The van der Waals surface area contributed by atoms with Crippen LogP contribution in [-0.2, 0) is 16.0 Å². The maximum Gasteiger partial charge on any atom is 0.242 e. The van der Waals surface area contributed by atoms with Gasteiger partial charge in [0.2, 0.25) is 11.8 Å². The summed E-state index contributed by atoms with van der Waals surface area (Å²) in [6.45, 7) is 2.82. The molecule has 0 N–H and O–H groups in total. The zero-order valence-electron chi connectivity index (χ0n) is 16.3. The van der Waals surface area contributed by atoms with E-state index in [-0.39, 0.29) is 17.6 Å². The average molecular weight is 393 g/mol. The lowest BCUT2D eigenvalue weighted by molar-refractivity contribution is -0.143. The van der Waals surface area contributed by atoms with E-state index in [1.54, 1.807) is 21.9 Å². The van der Waals surface area contributed by atoms with Crippen LogP contribution in [0.2, 0.25) is 0 Å². The van der Waals surface area contributed by atoms with Crippen molar-refractivity contribution < 1.29 is 14.0 Å². The molecular weight excluding hydrogens is 369 g/mol. The lowest BCUT2D eigenvalue weighted by Crippen LogP contribution is -2.53. The molecule has 5 nitrogen and oxygen atoms in total. The summed E-state index contributed by atoms with van der Waals surface area (Å²) >= 11 is 0. The van der Waals surface area contributed by atoms with Crippen LogP contribution in [-0.4, -0.2) is 49.4 Å². The summed E-state index contributed by atoms with van der Waals surface area (Å²) in [6.07, 6.45) is 2.08. The number of halogens is 1. The van der Waals surface area contributed by atoms with Crippen LogP contribution in [0.25, 0.3) is 0 Å². The molecule has 29 heavy (non-hydrogen) atoms. The molecule has 2 amide bonds. The summed E-state index contributed by atoms with van der Waals surface area (Å²) in [5, 5.41) is 0. The number of hydrogen-bond donors (Lipinski definition) is 0. The molecule has 150 valence electrons. The molecule has 1 saturated carbocycles. The van der Waals surface area contributed by atoms with Crippen LogP contribution in [0.5, 0.6) is 0 Å². The first kappa shape index (κ1) is 18.2. The number of hydrogen-bond acceptors (Lipinski definition) is 3. The topological polar surface area (TPSA) is 43.9 Å². The number of fused-ring (bicyclic) bond motifs is 1. The number of rotatable bonds is 3. The molecule has 3 aliphatic rings. The van der Waals surface area contributed by atoms with Crippen molar-refractivity contribution in [3.05, 3.63) is 59.9 Å². The third-order valence-corrected chi connectivity index (χ3v) is 6.46. The fraction of sp³-hybridized carbons (Fsp3) is 0.391. The molecule has 1 saturated heterocycles. The number of para-hydroxylation sites is 2. The molecule has 1 aliphatic carbocycles. The predicted octanol–water partition coefficient (Wildman–Crippen LogP) is 2.84. The van der Waals surface area contributed by atoms with Gasteiger partial charge in [0.15, 0.2) is 0 Å². The van der Waals surface area contributed by atoms with Crippen molar-refractivity contribution in [3.63, 3.8) is 0 Å². The zero-order chi connectivity index (χ0) is 20.0. The minimum atomic E-state index is -0.891. The Morgan fingerprint density at radius 1 is 0.793 bits per heavy atom. The number of anilines is 2. The van der Waals surface area contributed by atoms with Crippen molar-refractivity contribution in [1.29, 1.82) is 0 Å². The maximum absolute atomic E-state index is 14.1. The highest BCUT2D eigenvalue weighted by Crippen LogP contribution is 2.50.